The molecule has 3 aromatic heterocycles. The van der Waals surface area contributed by atoms with Crippen LogP contribution in [0.3, 0.4) is 0 Å². The smallest absolute Gasteiger partial charge is 0.228 e. The van der Waals surface area contributed by atoms with Crippen molar-refractivity contribution in [2.45, 2.75) is 6.92 Å². The van der Waals surface area contributed by atoms with Crippen LogP contribution in [-0.4, -0.2) is 33.7 Å². The summed E-state index contributed by atoms with van der Waals surface area (Å²) in [5, 5.41) is 6.79. The predicted octanol–water partition coefficient (Wildman–Crippen LogP) is 3.89. The van der Waals surface area contributed by atoms with Crippen LogP contribution in [0, 0.1) is 6.92 Å². The first-order valence-corrected chi connectivity index (χ1v) is 8.56. The van der Waals surface area contributed by atoms with Crippen LogP contribution in [0.1, 0.15) is 5.56 Å². The molecule has 3 heterocycles. The predicted molar refractivity (Wildman–Crippen MR) is 98.6 cm³/mol. The Balaban J connectivity index is 1.94. The number of fused-ring (bicyclic) bond motifs is 1. The Hall–Kier alpha value is -2.73. The number of rotatable bonds is 3. The van der Waals surface area contributed by atoms with Gasteiger partial charge in [0.25, 0.3) is 0 Å². The van der Waals surface area contributed by atoms with Gasteiger partial charge in [-0.2, -0.15) is 19.6 Å². The van der Waals surface area contributed by atoms with Crippen molar-refractivity contribution in [1.29, 1.82) is 0 Å². The number of hydrogen-bond donors (Lipinski definition) is 0. The molecule has 0 fully saturated rings. The van der Waals surface area contributed by atoms with Gasteiger partial charge in [0.05, 0.1) is 10.6 Å². The molecule has 0 amide bonds. The second-order valence-electron chi connectivity index (χ2n) is 5.88. The molecule has 0 unspecified atom stereocenters. The summed E-state index contributed by atoms with van der Waals surface area (Å²) in [6.45, 7) is 2.08. The van der Waals surface area contributed by atoms with Crippen molar-refractivity contribution >= 4 is 22.9 Å². The van der Waals surface area contributed by atoms with Gasteiger partial charge in [-0.1, -0.05) is 35.9 Å². The van der Waals surface area contributed by atoms with Gasteiger partial charge in [-0.25, -0.2) is 0 Å². The number of benzene rings is 1. The lowest BCUT2D eigenvalue weighted by Gasteiger charge is -2.11. The molecular weight excluding hydrogens is 318 g/mol. The van der Waals surface area contributed by atoms with Crippen molar-refractivity contribution in [2.24, 2.45) is 0 Å². The molecule has 0 saturated heterocycles. The third-order valence-electron chi connectivity index (χ3n) is 3.80. The normalized spacial score (nSPS) is 11.1. The van der Waals surface area contributed by atoms with Gasteiger partial charge in [0.15, 0.2) is 11.5 Å². The minimum Gasteiger partial charge on any atom is -0.347 e. The van der Waals surface area contributed by atoms with E-state index in [0.29, 0.717) is 5.95 Å². The highest BCUT2D eigenvalue weighted by Crippen LogP contribution is 2.27. The fourth-order valence-electron chi connectivity index (χ4n) is 2.51. The third kappa shape index (κ3) is 2.55. The lowest BCUT2D eigenvalue weighted by atomic mass is 10.1. The van der Waals surface area contributed by atoms with Gasteiger partial charge in [-0.3, -0.25) is 0 Å². The van der Waals surface area contributed by atoms with E-state index in [1.165, 1.54) is 5.56 Å². The summed E-state index contributed by atoms with van der Waals surface area (Å²) in [5.41, 5.74) is 4.01. The molecule has 4 rings (SSSR count). The highest BCUT2D eigenvalue weighted by atomic mass is 32.1. The molecule has 24 heavy (non-hydrogen) atoms. The first kappa shape index (κ1) is 14.8. The summed E-state index contributed by atoms with van der Waals surface area (Å²) in [7, 11) is 3.89. The number of thiophene rings is 1. The van der Waals surface area contributed by atoms with Crippen LogP contribution in [0.15, 0.2) is 47.8 Å². The molecular formula is C18H17N5S. The Labute approximate surface area is 144 Å². The van der Waals surface area contributed by atoms with Gasteiger partial charge in [0.1, 0.15) is 0 Å². The SMILES string of the molecule is Cc1ccc(-c2cc3nc(N(C)C)nc(-c4cccs4)n3n2)cc1. The Bertz CT molecular complexity index is 984. The van der Waals surface area contributed by atoms with Crippen LogP contribution >= 0.6 is 11.3 Å². The number of aromatic nitrogens is 4. The van der Waals surface area contributed by atoms with Crippen LogP contribution in [0.25, 0.3) is 27.6 Å². The molecule has 0 spiro atoms. The molecule has 0 aliphatic carbocycles. The Morgan fingerprint density at radius 2 is 1.83 bits per heavy atom. The fraction of sp³-hybridized carbons (Fsp3) is 0.167. The first-order chi connectivity index (χ1) is 11.6. The zero-order valence-corrected chi connectivity index (χ0v) is 14.6. The zero-order chi connectivity index (χ0) is 16.7. The average Bonchev–Trinajstić information content (AvgIpc) is 3.24. The summed E-state index contributed by atoms with van der Waals surface area (Å²) in [6, 6.07) is 14.4. The van der Waals surface area contributed by atoms with Crippen molar-refractivity contribution in [3.63, 3.8) is 0 Å². The van der Waals surface area contributed by atoms with Gasteiger partial charge in [0, 0.05) is 25.7 Å². The molecule has 4 aromatic rings. The van der Waals surface area contributed by atoms with Crippen LogP contribution in [0.2, 0.25) is 0 Å². The molecule has 0 atom stereocenters. The van der Waals surface area contributed by atoms with Crippen LogP contribution < -0.4 is 4.90 Å². The average molecular weight is 335 g/mol. The molecule has 6 heteroatoms. The molecule has 120 valence electrons. The van der Waals surface area contributed by atoms with E-state index >= 15 is 0 Å². The van der Waals surface area contributed by atoms with E-state index in [-0.39, 0.29) is 0 Å². The first-order valence-electron chi connectivity index (χ1n) is 7.68. The third-order valence-corrected chi connectivity index (χ3v) is 4.67. The van der Waals surface area contributed by atoms with E-state index in [0.717, 1.165) is 27.6 Å². The van der Waals surface area contributed by atoms with E-state index in [1.54, 1.807) is 11.3 Å². The molecule has 0 bridgehead atoms. The van der Waals surface area contributed by atoms with E-state index in [2.05, 4.69) is 47.2 Å². The van der Waals surface area contributed by atoms with E-state index in [9.17, 15) is 0 Å². The highest BCUT2D eigenvalue weighted by Gasteiger charge is 2.15. The fourth-order valence-corrected chi connectivity index (χ4v) is 3.21. The van der Waals surface area contributed by atoms with E-state index in [4.69, 9.17) is 5.10 Å². The monoisotopic (exact) mass is 335 g/mol. The maximum absolute atomic E-state index is 4.75. The van der Waals surface area contributed by atoms with Crippen molar-refractivity contribution in [3.05, 3.63) is 53.4 Å². The van der Waals surface area contributed by atoms with E-state index < -0.39 is 0 Å². The molecule has 0 saturated carbocycles. The summed E-state index contributed by atoms with van der Waals surface area (Å²) in [5.74, 6) is 1.50. The van der Waals surface area contributed by atoms with Crippen LogP contribution in [-0.2, 0) is 0 Å². The maximum Gasteiger partial charge on any atom is 0.228 e. The molecule has 1 aromatic carbocycles. The van der Waals surface area contributed by atoms with Crippen LogP contribution in [0.4, 0.5) is 5.95 Å². The Morgan fingerprint density at radius 3 is 2.50 bits per heavy atom. The molecule has 5 nitrogen and oxygen atoms in total. The molecule has 0 radical (unpaired) electrons. The largest absolute Gasteiger partial charge is 0.347 e. The number of hydrogen-bond acceptors (Lipinski definition) is 5. The Kier molecular flexibility index (Phi) is 3.54. The maximum atomic E-state index is 4.75. The summed E-state index contributed by atoms with van der Waals surface area (Å²) in [6.07, 6.45) is 0. The second kappa shape index (κ2) is 5.72. The van der Waals surface area contributed by atoms with Crippen molar-refractivity contribution in [2.75, 3.05) is 19.0 Å². The van der Waals surface area contributed by atoms with Gasteiger partial charge in [-0.05, 0) is 18.4 Å². The topological polar surface area (TPSA) is 46.3 Å². The summed E-state index contributed by atoms with van der Waals surface area (Å²) < 4.78 is 1.83. The van der Waals surface area contributed by atoms with Crippen molar-refractivity contribution in [3.8, 4) is 22.0 Å². The quantitative estimate of drug-likeness (QED) is 0.570. The van der Waals surface area contributed by atoms with Gasteiger partial charge >= 0.3 is 0 Å². The molecule has 0 N–H and O–H groups in total. The molecule has 0 aliphatic heterocycles. The van der Waals surface area contributed by atoms with Gasteiger partial charge in [0.2, 0.25) is 5.95 Å². The van der Waals surface area contributed by atoms with Gasteiger partial charge in [-0.15, -0.1) is 11.3 Å². The number of anilines is 1. The number of nitrogens with zero attached hydrogens (tertiary/aromatic N) is 5. The Morgan fingerprint density at radius 1 is 1.04 bits per heavy atom. The zero-order valence-electron chi connectivity index (χ0n) is 13.8. The number of aryl methyl sites for hydroxylation is 1. The minimum absolute atomic E-state index is 0.682. The lowest BCUT2D eigenvalue weighted by Crippen LogP contribution is -2.14. The standard InChI is InChI=1S/C18H17N5S/c1-12-6-8-13(9-7-12)14-11-16-19-18(22(2)3)20-17(23(16)21-14)15-5-4-10-24-15/h4-11H,1-3H3. The molecule has 0 aliphatic rings. The van der Waals surface area contributed by atoms with Crippen molar-refractivity contribution in [1.82, 2.24) is 19.6 Å². The van der Waals surface area contributed by atoms with Crippen molar-refractivity contribution < 1.29 is 0 Å². The highest BCUT2D eigenvalue weighted by molar-refractivity contribution is 7.13. The van der Waals surface area contributed by atoms with E-state index in [1.807, 2.05) is 41.0 Å². The lowest BCUT2D eigenvalue weighted by molar-refractivity contribution is 0.888. The second-order valence-corrected chi connectivity index (χ2v) is 6.83. The van der Waals surface area contributed by atoms with Gasteiger partial charge < -0.3 is 4.90 Å². The van der Waals surface area contributed by atoms with Crippen LogP contribution in [0.5, 0.6) is 0 Å². The summed E-state index contributed by atoms with van der Waals surface area (Å²) >= 11 is 1.65. The minimum atomic E-state index is 0.682. The summed E-state index contributed by atoms with van der Waals surface area (Å²) in [4.78, 5) is 12.3.